The number of ether oxygens (including phenoxy) is 3. The summed E-state index contributed by atoms with van der Waals surface area (Å²) >= 11 is 0. The van der Waals surface area contributed by atoms with Crippen LogP contribution in [0.1, 0.15) is 20.8 Å². The minimum Gasteiger partial charge on any atom is -0.379 e. The molecule has 0 aliphatic heterocycles. The molecule has 0 aliphatic rings. The maximum Gasteiger partial charge on any atom is 0.0776 e. The van der Waals surface area contributed by atoms with E-state index in [-0.39, 0.29) is 6.10 Å². The van der Waals surface area contributed by atoms with Crippen LogP contribution in [-0.2, 0) is 14.2 Å². The molecule has 1 atom stereocenters. The Labute approximate surface area is 81.4 Å². The van der Waals surface area contributed by atoms with Crippen LogP contribution < -0.4 is 0 Å². The Morgan fingerprint density at radius 2 is 1.46 bits per heavy atom. The van der Waals surface area contributed by atoms with Gasteiger partial charge in [0.25, 0.3) is 0 Å². The fourth-order valence-corrected chi connectivity index (χ4v) is 0.754. The molecule has 0 heterocycles. The van der Waals surface area contributed by atoms with Crippen molar-refractivity contribution in [2.75, 3.05) is 33.5 Å². The van der Waals surface area contributed by atoms with Crippen molar-refractivity contribution >= 4 is 0 Å². The van der Waals surface area contributed by atoms with Crippen molar-refractivity contribution in [3.63, 3.8) is 0 Å². The van der Waals surface area contributed by atoms with Crippen LogP contribution in [0.25, 0.3) is 0 Å². The molecule has 0 rings (SSSR count). The third kappa shape index (κ3) is 9.80. The summed E-state index contributed by atoms with van der Waals surface area (Å²) in [7, 11) is 1.68. The van der Waals surface area contributed by atoms with Gasteiger partial charge in [-0.1, -0.05) is 13.8 Å². The maximum absolute atomic E-state index is 5.34. The first kappa shape index (κ1) is 12.9. The lowest BCUT2D eigenvalue weighted by atomic mass is 10.2. The van der Waals surface area contributed by atoms with Crippen molar-refractivity contribution in [2.45, 2.75) is 26.9 Å². The molecule has 0 saturated heterocycles. The highest BCUT2D eigenvalue weighted by Gasteiger charge is 1.98. The summed E-state index contributed by atoms with van der Waals surface area (Å²) in [5, 5.41) is 0. The first-order valence-electron chi connectivity index (χ1n) is 4.85. The van der Waals surface area contributed by atoms with E-state index >= 15 is 0 Å². The van der Waals surface area contributed by atoms with Crippen LogP contribution in [0, 0.1) is 5.92 Å². The molecular weight excluding hydrogens is 168 g/mol. The van der Waals surface area contributed by atoms with Crippen molar-refractivity contribution in [3.8, 4) is 0 Å². The van der Waals surface area contributed by atoms with Crippen molar-refractivity contribution in [1.29, 1.82) is 0 Å². The van der Waals surface area contributed by atoms with E-state index in [4.69, 9.17) is 14.2 Å². The van der Waals surface area contributed by atoms with Crippen LogP contribution in [0.4, 0.5) is 0 Å². The second-order valence-electron chi connectivity index (χ2n) is 3.59. The lowest BCUT2D eigenvalue weighted by Crippen LogP contribution is -2.16. The smallest absolute Gasteiger partial charge is 0.0776 e. The Hall–Kier alpha value is -0.120. The second kappa shape index (κ2) is 8.48. The van der Waals surface area contributed by atoms with Crippen LogP contribution in [-0.4, -0.2) is 39.6 Å². The predicted molar refractivity (Wildman–Crippen MR) is 52.9 cm³/mol. The average molecular weight is 190 g/mol. The van der Waals surface area contributed by atoms with E-state index in [0.717, 1.165) is 6.61 Å². The molecule has 0 aliphatic carbocycles. The third-order valence-corrected chi connectivity index (χ3v) is 1.58. The lowest BCUT2D eigenvalue weighted by Gasteiger charge is -2.10. The molecule has 3 heteroatoms. The van der Waals surface area contributed by atoms with E-state index in [1.54, 1.807) is 7.11 Å². The topological polar surface area (TPSA) is 27.7 Å². The molecule has 0 fully saturated rings. The molecule has 0 radical (unpaired) electrons. The zero-order valence-electron chi connectivity index (χ0n) is 9.21. The SMILES string of the molecule is COC(C)COCCOCC(C)C. The van der Waals surface area contributed by atoms with Gasteiger partial charge in [-0.3, -0.25) is 0 Å². The summed E-state index contributed by atoms with van der Waals surface area (Å²) in [5.41, 5.74) is 0. The number of methoxy groups -OCH3 is 1. The van der Waals surface area contributed by atoms with Crippen molar-refractivity contribution in [2.24, 2.45) is 5.92 Å². The third-order valence-electron chi connectivity index (χ3n) is 1.58. The Morgan fingerprint density at radius 3 is 1.92 bits per heavy atom. The summed E-state index contributed by atoms with van der Waals surface area (Å²) in [6, 6.07) is 0. The Bertz CT molecular complexity index is 104. The highest BCUT2D eigenvalue weighted by atomic mass is 16.5. The van der Waals surface area contributed by atoms with Gasteiger partial charge in [0.05, 0.1) is 25.9 Å². The predicted octanol–water partition coefficient (Wildman–Crippen LogP) is 1.71. The highest BCUT2D eigenvalue weighted by molar-refractivity contribution is 4.44. The largest absolute Gasteiger partial charge is 0.379 e. The minimum atomic E-state index is 0.171. The van der Waals surface area contributed by atoms with Gasteiger partial charge >= 0.3 is 0 Å². The van der Waals surface area contributed by atoms with Gasteiger partial charge in [-0.15, -0.1) is 0 Å². The van der Waals surface area contributed by atoms with Gasteiger partial charge in [0.15, 0.2) is 0 Å². The molecule has 0 aromatic rings. The highest BCUT2D eigenvalue weighted by Crippen LogP contribution is 1.93. The molecule has 0 amide bonds. The molecule has 0 aromatic carbocycles. The van der Waals surface area contributed by atoms with Crippen LogP contribution in [0.2, 0.25) is 0 Å². The molecule has 0 spiro atoms. The van der Waals surface area contributed by atoms with E-state index in [0.29, 0.717) is 25.7 Å². The maximum atomic E-state index is 5.34. The van der Waals surface area contributed by atoms with Gasteiger partial charge in [0, 0.05) is 13.7 Å². The van der Waals surface area contributed by atoms with E-state index < -0.39 is 0 Å². The molecule has 0 N–H and O–H groups in total. The minimum absolute atomic E-state index is 0.171. The molecule has 3 nitrogen and oxygen atoms in total. The van der Waals surface area contributed by atoms with E-state index in [9.17, 15) is 0 Å². The van der Waals surface area contributed by atoms with Crippen LogP contribution in [0.5, 0.6) is 0 Å². The summed E-state index contributed by atoms with van der Waals surface area (Å²) in [4.78, 5) is 0. The van der Waals surface area contributed by atoms with Crippen molar-refractivity contribution in [3.05, 3.63) is 0 Å². The first-order chi connectivity index (χ1) is 6.16. The average Bonchev–Trinajstić information content (AvgIpc) is 2.10. The lowest BCUT2D eigenvalue weighted by molar-refractivity contribution is -0.00966. The molecule has 0 saturated carbocycles. The standard InChI is InChI=1S/C10H22O3/c1-9(2)7-12-5-6-13-8-10(3)11-4/h9-10H,5-8H2,1-4H3. The molecule has 80 valence electrons. The van der Waals surface area contributed by atoms with E-state index in [2.05, 4.69) is 13.8 Å². The normalized spacial score (nSPS) is 13.6. The van der Waals surface area contributed by atoms with Gasteiger partial charge in [-0.05, 0) is 12.8 Å². The van der Waals surface area contributed by atoms with Crippen molar-refractivity contribution in [1.82, 2.24) is 0 Å². The molecular formula is C10H22O3. The Balaban J connectivity index is 2.99. The van der Waals surface area contributed by atoms with Gasteiger partial charge in [0.1, 0.15) is 0 Å². The number of hydrogen-bond donors (Lipinski definition) is 0. The van der Waals surface area contributed by atoms with Gasteiger partial charge < -0.3 is 14.2 Å². The quantitative estimate of drug-likeness (QED) is 0.545. The zero-order chi connectivity index (χ0) is 10.1. The molecule has 1 unspecified atom stereocenters. The number of hydrogen-bond acceptors (Lipinski definition) is 3. The summed E-state index contributed by atoms with van der Waals surface area (Å²) in [6.45, 7) is 9.02. The summed E-state index contributed by atoms with van der Waals surface area (Å²) in [6.07, 6.45) is 0.171. The molecule has 0 aromatic heterocycles. The molecule has 0 bridgehead atoms. The Morgan fingerprint density at radius 1 is 0.923 bits per heavy atom. The van der Waals surface area contributed by atoms with Gasteiger partial charge in [-0.25, -0.2) is 0 Å². The van der Waals surface area contributed by atoms with Gasteiger partial charge in [-0.2, -0.15) is 0 Å². The molecule has 13 heavy (non-hydrogen) atoms. The van der Waals surface area contributed by atoms with Crippen LogP contribution in [0.15, 0.2) is 0 Å². The van der Waals surface area contributed by atoms with Crippen LogP contribution in [0.3, 0.4) is 0 Å². The fourth-order valence-electron chi connectivity index (χ4n) is 0.754. The Kier molecular flexibility index (Phi) is 8.40. The number of rotatable bonds is 8. The second-order valence-corrected chi connectivity index (χ2v) is 3.59. The van der Waals surface area contributed by atoms with Crippen LogP contribution >= 0.6 is 0 Å². The monoisotopic (exact) mass is 190 g/mol. The first-order valence-corrected chi connectivity index (χ1v) is 4.85. The van der Waals surface area contributed by atoms with E-state index in [1.807, 2.05) is 6.92 Å². The van der Waals surface area contributed by atoms with Crippen molar-refractivity contribution < 1.29 is 14.2 Å². The summed E-state index contributed by atoms with van der Waals surface area (Å²) in [5.74, 6) is 0.595. The zero-order valence-corrected chi connectivity index (χ0v) is 9.21. The van der Waals surface area contributed by atoms with E-state index in [1.165, 1.54) is 0 Å². The summed E-state index contributed by atoms with van der Waals surface area (Å²) < 4.78 is 15.7. The van der Waals surface area contributed by atoms with Gasteiger partial charge in [0.2, 0.25) is 0 Å². The fraction of sp³-hybridized carbons (Fsp3) is 1.00.